The predicted molar refractivity (Wildman–Crippen MR) is 115 cm³/mol. The number of anilines is 2. The van der Waals surface area contributed by atoms with Crippen molar-refractivity contribution in [3.8, 4) is 0 Å². The molecule has 3 aromatic carbocycles. The third kappa shape index (κ3) is 4.49. The van der Waals surface area contributed by atoms with Gasteiger partial charge in [-0.15, -0.1) is 0 Å². The van der Waals surface area contributed by atoms with E-state index in [0.717, 1.165) is 11.3 Å². The van der Waals surface area contributed by atoms with Crippen LogP contribution >= 0.6 is 0 Å². The SMILES string of the molecule is O=C1CC(NC(=O)N(Cc2ccccc2)c2ccccc2)CN1c1ccc(F)cc1. The molecule has 1 unspecified atom stereocenters. The van der Waals surface area contributed by atoms with Gasteiger partial charge in [0.2, 0.25) is 5.91 Å². The van der Waals surface area contributed by atoms with E-state index in [1.54, 1.807) is 21.9 Å². The Hall–Kier alpha value is -3.67. The molecule has 5 nitrogen and oxygen atoms in total. The van der Waals surface area contributed by atoms with Crippen LogP contribution in [0.2, 0.25) is 0 Å². The lowest BCUT2D eigenvalue weighted by atomic mass is 10.2. The van der Waals surface area contributed by atoms with Crippen LogP contribution in [0.3, 0.4) is 0 Å². The Kier molecular flexibility index (Phi) is 5.75. The van der Waals surface area contributed by atoms with Gasteiger partial charge in [0.1, 0.15) is 5.82 Å². The van der Waals surface area contributed by atoms with E-state index in [4.69, 9.17) is 0 Å². The van der Waals surface area contributed by atoms with Crippen LogP contribution < -0.4 is 15.1 Å². The van der Waals surface area contributed by atoms with Crippen molar-refractivity contribution in [1.82, 2.24) is 5.32 Å². The van der Waals surface area contributed by atoms with Gasteiger partial charge in [-0.3, -0.25) is 9.69 Å². The third-order valence-corrected chi connectivity index (χ3v) is 5.09. The number of urea groups is 1. The van der Waals surface area contributed by atoms with Gasteiger partial charge in [-0.1, -0.05) is 48.5 Å². The Balaban J connectivity index is 1.48. The number of carbonyl (C=O) groups is 2. The van der Waals surface area contributed by atoms with Crippen molar-refractivity contribution in [3.63, 3.8) is 0 Å². The zero-order valence-electron chi connectivity index (χ0n) is 16.4. The number of halogens is 1. The summed E-state index contributed by atoms with van der Waals surface area (Å²) in [6, 6.07) is 24.4. The average molecular weight is 403 g/mol. The van der Waals surface area contributed by atoms with Crippen molar-refractivity contribution in [2.45, 2.75) is 19.0 Å². The number of carbonyl (C=O) groups excluding carboxylic acids is 2. The fourth-order valence-corrected chi connectivity index (χ4v) is 3.58. The molecule has 152 valence electrons. The highest BCUT2D eigenvalue weighted by molar-refractivity contribution is 5.98. The molecule has 3 aromatic rings. The molecular weight excluding hydrogens is 381 g/mol. The van der Waals surface area contributed by atoms with E-state index in [-0.39, 0.29) is 30.2 Å². The summed E-state index contributed by atoms with van der Waals surface area (Å²) in [5.74, 6) is -0.448. The van der Waals surface area contributed by atoms with Gasteiger partial charge in [-0.2, -0.15) is 0 Å². The van der Waals surface area contributed by atoms with E-state index in [9.17, 15) is 14.0 Å². The number of nitrogens with one attached hydrogen (secondary N) is 1. The maximum Gasteiger partial charge on any atom is 0.322 e. The Bertz CT molecular complexity index is 1010. The minimum atomic E-state index is -0.352. The quantitative estimate of drug-likeness (QED) is 0.689. The van der Waals surface area contributed by atoms with Gasteiger partial charge in [0, 0.05) is 24.3 Å². The summed E-state index contributed by atoms with van der Waals surface area (Å²) in [4.78, 5) is 28.8. The highest BCUT2D eigenvalue weighted by atomic mass is 19.1. The van der Waals surface area contributed by atoms with Gasteiger partial charge < -0.3 is 10.2 Å². The summed E-state index contributed by atoms with van der Waals surface area (Å²) in [5, 5.41) is 2.99. The molecule has 1 heterocycles. The van der Waals surface area contributed by atoms with Crippen LogP contribution in [0.1, 0.15) is 12.0 Å². The number of para-hydroxylation sites is 1. The first-order valence-corrected chi connectivity index (χ1v) is 9.83. The van der Waals surface area contributed by atoms with Gasteiger partial charge in [0.25, 0.3) is 0 Å². The van der Waals surface area contributed by atoms with Crippen molar-refractivity contribution in [2.24, 2.45) is 0 Å². The summed E-state index contributed by atoms with van der Waals surface area (Å²) >= 11 is 0. The Morgan fingerprint density at radius 2 is 1.60 bits per heavy atom. The molecule has 30 heavy (non-hydrogen) atoms. The molecule has 3 amide bonds. The molecule has 1 aliphatic rings. The molecular formula is C24H22FN3O2. The van der Waals surface area contributed by atoms with E-state index in [1.165, 1.54) is 12.1 Å². The maximum absolute atomic E-state index is 13.2. The highest BCUT2D eigenvalue weighted by Crippen LogP contribution is 2.23. The molecule has 1 aliphatic heterocycles. The second kappa shape index (κ2) is 8.78. The Labute approximate surface area is 174 Å². The van der Waals surface area contributed by atoms with Crippen LogP contribution in [0, 0.1) is 5.82 Å². The lowest BCUT2D eigenvalue weighted by molar-refractivity contribution is -0.117. The number of amides is 3. The minimum Gasteiger partial charge on any atom is -0.333 e. The molecule has 6 heteroatoms. The standard InChI is InChI=1S/C24H22FN3O2/c25-19-11-13-22(14-12-19)27-17-20(15-23(27)29)26-24(30)28(21-9-5-2-6-10-21)16-18-7-3-1-4-8-18/h1-14,20H,15-17H2,(H,26,30). The molecule has 4 rings (SSSR count). The first-order chi connectivity index (χ1) is 14.6. The summed E-state index contributed by atoms with van der Waals surface area (Å²) in [5.41, 5.74) is 2.41. The number of benzene rings is 3. The molecule has 0 bridgehead atoms. The van der Waals surface area contributed by atoms with Crippen LogP contribution in [0.4, 0.5) is 20.6 Å². The van der Waals surface area contributed by atoms with Crippen LogP contribution in [0.5, 0.6) is 0 Å². The molecule has 0 saturated carbocycles. The van der Waals surface area contributed by atoms with Crippen molar-refractivity contribution < 1.29 is 14.0 Å². The molecule has 1 fully saturated rings. The lowest BCUT2D eigenvalue weighted by Gasteiger charge is -2.25. The monoisotopic (exact) mass is 403 g/mol. The van der Waals surface area contributed by atoms with E-state index in [2.05, 4.69) is 5.32 Å². The van der Waals surface area contributed by atoms with Crippen LogP contribution in [-0.4, -0.2) is 24.5 Å². The predicted octanol–water partition coefficient (Wildman–Crippen LogP) is 4.35. The normalized spacial score (nSPS) is 15.8. The Morgan fingerprint density at radius 3 is 2.27 bits per heavy atom. The van der Waals surface area contributed by atoms with Gasteiger partial charge in [0.15, 0.2) is 0 Å². The number of hydrogen-bond acceptors (Lipinski definition) is 2. The molecule has 1 N–H and O–H groups in total. The van der Waals surface area contributed by atoms with Crippen molar-refractivity contribution in [1.29, 1.82) is 0 Å². The zero-order valence-corrected chi connectivity index (χ0v) is 16.4. The second-order valence-corrected chi connectivity index (χ2v) is 7.24. The number of nitrogens with zero attached hydrogens (tertiary/aromatic N) is 2. The van der Waals surface area contributed by atoms with Crippen molar-refractivity contribution >= 4 is 23.3 Å². The van der Waals surface area contributed by atoms with Gasteiger partial charge in [0.05, 0.1) is 12.6 Å². The molecule has 0 radical (unpaired) electrons. The lowest BCUT2D eigenvalue weighted by Crippen LogP contribution is -2.45. The fraction of sp³-hybridized carbons (Fsp3) is 0.167. The maximum atomic E-state index is 13.2. The summed E-state index contributed by atoms with van der Waals surface area (Å²) < 4.78 is 13.2. The zero-order chi connectivity index (χ0) is 20.9. The number of rotatable bonds is 5. The summed E-state index contributed by atoms with van der Waals surface area (Å²) in [6.07, 6.45) is 0.205. The first kappa shape index (κ1) is 19.6. The number of hydrogen-bond donors (Lipinski definition) is 1. The molecule has 0 spiro atoms. The van der Waals surface area contributed by atoms with Gasteiger partial charge in [-0.05, 0) is 42.0 Å². The molecule has 0 aliphatic carbocycles. The van der Waals surface area contributed by atoms with Gasteiger partial charge >= 0.3 is 6.03 Å². The van der Waals surface area contributed by atoms with Crippen LogP contribution in [-0.2, 0) is 11.3 Å². The topological polar surface area (TPSA) is 52.7 Å². The molecule has 1 saturated heterocycles. The van der Waals surface area contributed by atoms with Crippen LogP contribution in [0.15, 0.2) is 84.9 Å². The first-order valence-electron chi connectivity index (χ1n) is 9.83. The second-order valence-electron chi connectivity index (χ2n) is 7.24. The molecule has 0 aromatic heterocycles. The summed E-state index contributed by atoms with van der Waals surface area (Å²) in [7, 11) is 0. The Morgan fingerprint density at radius 1 is 0.967 bits per heavy atom. The van der Waals surface area contributed by atoms with Gasteiger partial charge in [-0.25, -0.2) is 9.18 Å². The fourth-order valence-electron chi connectivity index (χ4n) is 3.58. The molecule has 1 atom stereocenters. The van der Waals surface area contributed by atoms with E-state index in [0.29, 0.717) is 18.8 Å². The van der Waals surface area contributed by atoms with E-state index >= 15 is 0 Å². The highest BCUT2D eigenvalue weighted by Gasteiger charge is 2.32. The van der Waals surface area contributed by atoms with E-state index in [1.807, 2.05) is 60.7 Å². The average Bonchev–Trinajstić information content (AvgIpc) is 3.13. The third-order valence-electron chi connectivity index (χ3n) is 5.09. The van der Waals surface area contributed by atoms with Crippen molar-refractivity contribution in [3.05, 3.63) is 96.3 Å². The van der Waals surface area contributed by atoms with E-state index < -0.39 is 0 Å². The smallest absolute Gasteiger partial charge is 0.322 e. The minimum absolute atomic E-state index is 0.0961. The largest absolute Gasteiger partial charge is 0.333 e. The summed E-state index contributed by atoms with van der Waals surface area (Å²) in [6.45, 7) is 0.767. The van der Waals surface area contributed by atoms with Crippen molar-refractivity contribution in [2.75, 3.05) is 16.3 Å². The van der Waals surface area contributed by atoms with Crippen LogP contribution in [0.25, 0.3) is 0 Å².